The molecule has 2 atom stereocenters. The Hall–Kier alpha value is -2.90. The fourth-order valence-corrected chi connectivity index (χ4v) is 3.62. The van der Waals surface area contributed by atoms with Gasteiger partial charge >= 0.3 is 0 Å². The number of ether oxygens (including phenoxy) is 3. The molecule has 4 rings (SSSR count). The molecule has 1 saturated heterocycles. The Kier molecular flexibility index (Phi) is 5.78. The molecule has 7 heteroatoms. The standard InChI is InChI=1S/C22H25N3O4/c1-15-12-25(13-20(28-15)16-7-5-4-6-8-16)14-21-23-22(24-29-21)17-9-10-18(26-2)19(11-17)27-3/h4-11,15,20H,12-14H2,1-3H3. The maximum atomic E-state index is 6.13. The molecule has 1 fully saturated rings. The van der Waals surface area contributed by atoms with Gasteiger partial charge in [-0.2, -0.15) is 4.98 Å². The SMILES string of the molecule is COc1ccc(-c2noc(CN3CC(C)OC(c4ccccc4)C3)n2)cc1OC. The van der Waals surface area contributed by atoms with Crippen LogP contribution in [-0.4, -0.2) is 48.5 Å². The van der Waals surface area contributed by atoms with E-state index in [2.05, 4.69) is 34.1 Å². The lowest BCUT2D eigenvalue weighted by atomic mass is 10.1. The molecule has 152 valence electrons. The van der Waals surface area contributed by atoms with Crippen LogP contribution in [0.5, 0.6) is 11.5 Å². The second kappa shape index (κ2) is 8.63. The summed E-state index contributed by atoms with van der Waals surface area (Å²) in [5, 5.41) is 4.14. The second-order valence-electron chi connectivity index (χ2n) is 7.12. The first-order chi connectivity index (χ1) is 14.2. The molecule has 3 aromatic rings. The first-order valence-electron chi connectivity index (χ1n) is 9.64. The summed E-state index contributed by atoms with van der Waals surface area (Å²) >= 11 is 0. The van der Waals surface area contributed by atoms with Crippen LogP contribution in [0.4, 0.5) is 0 Å². The molecular formula is C22H25N3O4. The monoisotopic (exact) mass is 395 g/mol. The second-order valence-corrected chi connectivity index (χ2v) is 7.12. The number of hydrogen-bond acceptors (Lipinski definition) is 7. The summed E-state index contributed by atoms with van der Waals surface area (Å²) in [7, 11) is 3.21. The summed E-state index contributed by atoms with van der Waals surface area (Å²) in [6.07, 6.45) is 0.162. The van der Waals surface area contributed by atoms with Gasteiger partial charge < -0.3 is 18.7 Å². The van der Waals surface area contributed by atoms with Crippen LogP contribution in [0.3, 0.4) is 0 Å². The highest BCUT2D eigenvalue weighted by Gasteiger charge is 2.27. The third kappa shape index (κ3) is 4.41. The van der Waals surface area contributed by atoms with Gasteiger partial charge in [0.2, 0.25) is 11.7 Å². The smallest absolute Gasteiger partial charge is 0.241 e. The van der Waals surface area contributed by atoms with Gasteiger partial charge in [-0.05, 0) is 30.7 Å². The van der Waals surface area contributed by atoms with Crippen molar-refractivity contribution in [3.05, 3.63) is 60.0 Å². The zero-order chi connectivity index (χ0) is 20.2. The van der Waals surface area contributed by atoms with Gasteiger partial charge in [0, 0.05) is 18.7 Å². The number of rotatable bonds is 6. The van der Waals surface area contributed by atoms with E-state index in [4.69, 9.17) is 18.7 Å². The van der Waals surface area contributed by atoms with Gasteiger partial charge in [0.1, 0.15) is 0 Å². The van der Waals surface area contributed by atoms with Gasteiger partial charge in [-0.15, -0.1) is 0 Å². The van der Waals surface area contributed by atoms with Gasteiger partial charge in [-0.3, -0.25) is 4.90 Å². The maximum absolute atomic E-state index is 6.13. The molecule has 0 aliphatic carbocycles. The lowest BCUT2D eigenvalue weighted by Crippen LogP contribution is -2.42. The highest BCUT2D eigenvalue weighted by Crippen LogP contribution is 2.31. The molecule has 2 heterocycles. The van der Waals surface area contributed by atoms with Crippen molar-refractivity contribution in [1.82, 2.24) is 15.0 Å². The molecule has 0 N–H and O–H groups in total. The van der Waals surface area contributed by atoms with Gasteiger partial charge in [0.25, 0.3) is 0 Å². The van der Waals surface area contributed by atoms with E-state index in [0.29, 0.717) is 29.8 Å². The van der Waals surface area contributed by atoms with Crippen LogP contribution in [0.1, 0.15) is 24.5 Å². The van der Waals surface area contributed by atoms with Crippen molar-refractivity contribution in [1.29, 1.82) is 0 Å². The number of hydrogen-bond donors (Lipinski definition) is 0. The third-order valence-electron chi connectivity index (χ3n) is 4.98. The molecule has 1 aliphatic rings. The average Bonchev–Trinajstić information content (AvgIpc) is 3.22. The summed E-state index contributed by atoms with van der Waals surface area (Å²) in [5.41, 5.74) is 2.00. The van der Waals surface area contributed by atoms with E-state index >= 15 is 0 Å². The van der Waals surface area contributed by atoms with E-state index in [-0.39, 0.29) is 12.2 Å². The van der Waals surface area contributed by atoms with Crippen LogP contribution in [0.15, 0.2) is 53.1 Å². The van der Waals surface area contributed by atoms with Gasteiger partial charge in [-0.1, -0.05) is 35.5 Å². The third-order valence-corrected chi connectivity index (χ3v) is 4.98. The van der Waals surface area contributed by atoms with E-state index in [1.54, 1.807) is 14.2 Å². The maximum Gasteiger partial charge on any atom is 0.241 e. The van der Waals surface area contributed by atoms with Crippen molar-refractivity contribution in [2.45, 2.75) is 25.7 Å². The fraction of sp³-hybridized carbons (Fsp3) is 0.364. The van der Waals surface area contributed by atoms with Crippen LogP contribution in [0.2, 0.25) is 0 Å². The fourth-order valence-electron chi connectivity index (χ4n) is 3.62. The zero-order valence-corrected chi connectivity index (χ0v) is 16.9. The number of morpholine rings is 1. The molecule has 0 amide bonds. The summed E-state index contributed by atoms with van der Waals surface area (Å²) < 4.78 is 22.3. The zero-order valence-electron chi connectivity index (χ0n) is 16.9. The molecule has 1 aromatic heterocycles. The normalized spacial score (nSPS) is 19.8. The highest BCUT2D eigenvalue weighted by molar-refractivity contribution is 5.60. The topological polar surface area (TPSA) is 69.9 Å². The molecule has 0 saturated carbocycles. The van der Waals surface area contributed by atoms with Gasteiger partial charge in [0.05, 0.1) is 33.0 Å². The number of methoxy groups -OCH3 is 2. The van der Waals surface area contributed by atoms with E-state index in [0.717, 1.165) is 18.7 Å². The number of benzene rings is 2. The molecule has 2 unspecified atom stereocenters. The Balaban J connectivity index is 1.47. The number of nitrogens with zero attached hydrogens (tertiary/aromatic N) is 3. The lowest BCUT2D eigenvalue weighted by Gasteiger charge is -2.36. The largest absolute Gasteiger partial charge is 0.493 e. The van der Waals surface area contributed by atoms with Crippen molar-refractivity contribution in [2.24, 2.45) is 0 Å². The summed E-state index contributed by atoms with van der Waals surface area (Å²) in [4.78, 5) is 6.86. The van der Waals surface area contributed by atoms with Crippen molar-refractivity contribution >= 4 is 0 Å². The Morgan fingerprint density at radius 2 is 1.83 bits per heavy atom. The highest BCUT2D eigenvalue weighted by atomic mass is 16.5. The Bertz CT molecular complexity index is 944. The van der Waals surface area contributed by atoms with Crippen LogP contribution < -0.4 is 9.47 Å². The van der Waals surface area contributed by atoms with E-state index in [1.807, 2.05) is 36.4 Å². The Morgan fingerprint density at radius 3 is 2.59 bits per heavy atom. The van der Waals surface area contributed by atoms with Crippen molar-refractivity contribution in [3.8, 4) is 22.9 Å². The van der Waals surface area contributed by atoms with Crippen LogP contribution >= 0.6 is 0 Å². The molecular weight excluding hydrogens is 370 g/mol. The summed E-state index contributed by atoms with van der Waals surface area (Å²) in [5.74, 6) is 2.40. The van der Waals surface area contributed by atoms with Crippen LogP contribution in [0, 0.1) is 0 Å². The molecule has 29 heavy (non-hydrogen) atoms. The van der Waals surface area contributed by atoms with Crippen LogP contribution in [-0.2, 0) is 11.3 Å². The predicted molar refractivity (Wildman–Crippen MR) is 108 cm³/mol. The van der Waals surface area contributed by atoms with E-state index < -0.39 is 0 Å². The quantitative estimate of drug-likeness (QED) is 0.630. The Morgan fingerprint density at radius 1 is 1.03 bits per heavy atom. The molecule has 7 nitrogen and oxygen atoms in total. The van der Waals surface area contributed by atoms with Gasteiger partial charge in [-0.25, -0.2) is 0 Å². The van der Waals surface area contributed by atoms with E-state index in [1.165, 1.54) is 5.56 Å². The first kappa shape index (κ1) is 19.4. The van der Waals surface area contributed by atoms with Crippen molar-refractivity contribution in [3.63, 3.8) is 0 Å². The summed E-state index contributed by atoms with van der Waals surface area (Å²) in [6, 6.07) is 15.9. The molecule has 1 aliphatic heterocycles. The lowest BCUT2D eigenvalue weighted by molar-refractivity contribution is -0.0832. The molecule has 0 bridgehead atoms. The average molecular weight is 395 g/mol. The van der Waals surface area contributed by atoms with Crippen molar-refractivity contribution < 1.29 is 18.7 Å². The van der Waals surface area contributed by atoms with Gasteiger partial charge in [0.15, 0.2) is 11.5 Å². The Labute approximate surface area is 170 Å². The minimum atomic E-state index is 0.0354. The van der Waals surface area contributed by atoms with E-state index in [9.17, 15) is 0 Å². The minimum Gasteiger partial charge on any atom is -0.493 e. The first-order valence-corrected chi connectivity index (χ1v) is 9.64. The number of aromatic nitrogens is 2. The molecule has 0 spiro atoms. The van der Waals surface area contributed by atoms with Crippen LogP contribution in [0.25, 0.3) is 11.4 Å². The molecule has 2 aromatic carbocycles. The minimum absolute atomic E-state index is 0.0354. The predicted octanol–water partition coefficient (Wildman–Crippen LogP) is 3.72. The van der Waals surface area contributed by atoms with Crippen molar-refractivity contribution in [2.75, 3.05) is 27.3 Å². The summed E-state index contributed by atoms with van der Waals surface area (Å²) in [6.45, 7) is 4.27. The molecule has 0 radical (unpaired) electrons.